The fourth-order valence-electron chi connectivity index (χ4n) is 8.34. The molecule has 0 N–H and O–H groups in total. The van der Waals surface area contributed by atoms with Crippen molar-refractivity contribution in [3.05, 3.63) is 126 Å². The van der Waals surface area contributed by atoms with Gasteiger partial charge in [-0.05, 0) is 111 Å². The molecule has 0 radical (unpaired) electrons. The Morgan fingerprint density at radius 2 is 0.957 bits per heavy atom. The zero-order chi connectivity index (χ0) is 32.5. The Morgan fingerprint density at radius 3 is 1.38 bits per heavy atom. The van der Waals surface area contributed by atoms with E-state index in [1.54, 1.807) is 0 Å². The first-order chi connectivity index (χ1) is 22.6. The fourth-order valence-corrected chi connectivity index (χ4v) is 8.34. The fraction of sp³-hybridized carbons (Fsp3) is 0.318. The van der Waals surface area contributed by atoms with E-state index in [9.17, 15) is 0 Å². The molecule has 3 heteroatoms. The largest absolute Gasteiger partial charge is 0.311 e. The van der Waals surface area contributed by atoms with Crippen molar-refractivity contribution in [3.63, 3.8) is 0 Å². The van der Waals surface area contributed by atoms with Gasteiger partial charge in [0.15, 0.2) is 0 Å². The van der Waals surface area contributed by atoms with Gasteiger partial charge in [0.05, 0.1) is 0 Å². The van der Waals surface area contributed by atoms with Crippen molar-refractivity contribution in [2.75, 3.05) is 9.80 Å². The first-order valence-electron chi connectivity index (χ1n) is 17.8. The molecule has 1 fully saturated rings. The van der Waals surface area contributed by atoms with Crippen LogP contribution in [0.15, 0.2) is 109 Å². The van der Waals surface area contributed by atoms with Gasteiger partial charge in [-0.2, -0.15) is 0 Å². The maximum absolute atomic E-state index is 2.58. The Hall–Kier alpha value is -4.24. The second-order valence-electron chi connectivity index (χ2n) is 16.1. The first kappa shape index (κ1) is 30.1. The van der Waals surface area contributed by atoms with Gasteiger partial charge in [-0.3, -0.25) is 0 Å². The second-order valence-corrected chi connectivity index (χ2v) is 16.1. The quantitative estimate of drug-likeness (QED) is 0.183. The lowest BCUT2D eigenvalue weighted by molar-refractivity contribution is 0.444. The molecule has 0 bridgehead atoms. The third-order valence-electron chi connectivity index (χ3n) is 10.9. The highest BCUT2D eigenvalue weighted by Crippen LogP contribution is 2.47. The lowest BCUT2D eigenvalue weighted by atomic mass is 9.33. The van der Waals surface area contributed by atoms with E-state index in [0.717, 1.165) is 0 Å². The minimum atomic E-state index is 0.0430. The van der Waals surface area contributed by atoms with Crippen LogP contribution in [0.4, 0.5) is 34.1 Å². The van der Waals surface area contributed by atoms with E-state index in [1.165, 1.54) is 99.3 Å². The van der Waals surface area contributed by atoms with Crippen molar-refractivity contribution in [3.8, 4) is 0 Å². The summed E-state index contributed by atoms with van der Waals surface area (Å²) in [6.07, 6.45) is 6.54. The summed E-state index contributed by atoms with van der Waals surface area (Å²) in [6, 6.07) is 41.9. The molecule has 0 atom stereocenters. The van der Waals surface area contributed by atoms with E-state index in [1.807, 2.05) is 0 Å². The van der Waals surface area contributed by atoms with Gasteiger partial charge in [0.25, 0.3) is 6.71 Å². The highest BCUT2D eigenvalue weighted by molar-refractivity contribution is 7.00. The molecule has 236 valence electrons. The number of anilines is 6. The van der Waals surface area contributed by atoms with Gasteiger partial charge < -0.3 is 9.80 Å². The summed E-state index contributed by atoms with van der Waals surface area (Å²) in [4.78, 5) is 5.15. The van der Waals surface area contributed by atoms with Crippen LogP contribution >= 0.6 is 0 Å². The monoisotopic (exact) mass is 614 g/mol. The van der Waals surface area contributed by atoms with E-state index in [4.69, 9.17) is 0 Å². The molecule has 8 rings (SSSR count). The molecule has 0 aromatic heterocycles. The predicted molar refractivity (Wildman–Crippen MR) is 204 cm³/mol. The molecule has 5 aromatic rings. The molecule has 47 heavy (non-hydrogen) atoms. The number of hydrogen-bond donors (Lipinski definition) is 0. The Bertz CT molecular complexity index is 1810. The number of fused-ring (bicyclic) bond motifs is 4. The van der Waals surface area contributed by atoms with Crippen LogP contribution in [0.5, 0.6) is 0 Å². The van der Waals surface area contributed by atoms with E-state index in [2.05, 4.69) is 161 Å². The number of rotatable bonds is 3. The summed E-state index contributed by atoms with van der Waals surface area (Å²) >= 11 is 0. The summed E-state index contributed by atoms with van der Waals surface area (Å²) in [6.45, 7) is 14.2. The Morgan fingerprint density at radius 1 is 0.511 bits per heavy atom. The Kier molecular flexibility index (Phi) is 7.17. The molecule has 0 spiro atoms. The van der Waals surface area contributed by atoms with Gasteiger partial charge in [0.2, 0.25) is 0 Å². The predicted octanol–water partition coefficient (Wildman–Crippen LogP) is 10.4. The van der Waals surface area contributed by atoms with Crippen LogP contribution in [-0.4, -0.2) is 6.71 Å². The minimum absolute atomic E-state index is 0.0430. The van der Waals surface area contributed by atoms with Crippen molar-refractivity contribution < 1.29 is 0 Å². The maximum Gasteiger partial charge on any atom is 0.252 e. The molecule has 0 amide bonds. The van der Waals surface area contributed by atoms with E-state index in [-0.39, 0.29) is 17.5 Å². The number of nitrogens with zero attached hydrogens (tertiary/aromatic N) is 2. The third-order valence-corrected chi connectivity index (χ3v) is 10.9. The van der Waals surface area contributed by atoms with Crippen molar-refractivity contribution in [1.29, 1.82) is 0 Å². The number of benzene rings is 5. The van der Waals surface area contributed by atoms with Crippen LogP contribution in [-0.2, 0) is 10.8 Å². The first-order valence-corrected chi connectivity index (χ1v) is 17.8. The van der Waals surface area contributed by atoms with Gasteiger partial charge in [0.1, 0.15) is 0 Å². The van der Waals surface area contributed by atoms with Gasteiger partial charge in [0, 0.05) is 34.1 Å². The van der Waals surface area contributed by atoms with E-state index < -0.39 is 0 Å². The molecule has 2 aliphatic heterocycles. The van der Waals surface area contributed by atoms with Crippen LogP contribution in [0, 0.1) is 0 Å². The van der Waals surface area contributed by atoms with E-state index in [0.29, 0.717) is 5.92 Å². The van der Waals surface area contributed by atoms with Crippen LogP contribution in [0.3, 0.4) is 0 Å². The molecular formula is C44H47BN2. The van der Waals surface area contributed by atoms with Crippen molar-refractivity contribution in [2.24, 2.45) is 0 Å². The molecule has 0 unspecified atom stereocenters. The second kappa shape index (κ2) is 11.2. The molecule has 3 aliphatic rings. The topological polar surface area (TPSA) is 6.48 Å². The highest BCUT2D eigenvalue weighted by atomic mass is 15.2. The molecule has 1 aliphatic carbocycles. The van der Waals surface area contributed by atoms with Crippen molar-refractivity contribution in [1.82, 2.24) is 0 Å². The standard InChI is InChI=1S/C44H47BN2/c1-43(2,3)32-22-24-38-36(28-32)45-37-29-33(44(4,5)6)23-25-39(37)47(35-20-14-9-15-21-35)41-27-31(30-16-10-7-11-17-30)26-40(42(41)45)46(38)34-18-12-8-13-19-34/h8-9,12-15,18-30H,7,10-11,16-17H2,1-6H3. The molecular weight excluding hydrogens is 567 g/mol. The summed E-state index contributed by atoms with van der Waals surface area (Å²) in [5.74, 6) is 0.591. The van der Waals surface area contributed by atoms with Crippen molar-refractivity contribution in [2.45, 2.75) is 90.4 Å². The number of hydrogen-bond acceptors (Lipinski definition) is 2. The lowest BCUT2D eigenvalue weighted by Crippen LogP contribution is -2.61. The van der Waals surface area contributed by atoms with Crippen LogP contribution in [0.1, 0.15) is 96.3 Å². The summed E-state index contributed by atoms with van der Waals surface area (Å²) in [5, 5.41) is 0. The maximum atomic E-state index is 2.58. The normalized spacial score (nSPS) is 16.1. The number of para-hydroxylation sites is 2. The zero-order valence-electron chi connectivity index (χ0n) is 29.0. The van der Waals surface area contributed by atoms with Crippen LogP contribution in [0.25, 0.3) is 0 Å². The third kappa shape index (κ3) is 5.10. The molecule has 1 saturated carbocycles. The molecule has 5 aromatic carbocycles. The van der Waals surface area contributed by atoms with Gasteiger partial charge in [-0.25, -0.2) is 0 Å². The molecule has 0 saturated heterocycles. The molecule has 2 heterocycles. The van der Waals surface area contributed by atoms with E-state index >= 15 is 0 Å². The summed E-state index contributed by atoms with van der Waals surface area (Å²) in [5.41, 5.74) is 16.3. The smallest absolute Gasteiger partial charge is 0.252 e. The molecule has 2 nitrogen and oxygen atoms in total. The van der Waals surface area contributed by atoms with Gasteiger partial charge in [-0.15, -0.1) is 0 Å². The van der Waals surface area contributed by atoms with Gasteiger partial charge in [-0.1, -0.05) is 121 Å². The SMILES string of the molecule is CC(C)(C)c1ccc2c(c1)B1c3cc(C(C)(C)C)ccc3N(c3ccccc3)c3cc(C4CCCCC4)cc(c31)N2c1ccccc1. The van der Waals surface area contributed by atoms with Gasteiger partial charge >= 0.3 is 0 Å². The van der Waals surface area contributed by atoms with Crippen LogP contribution in [0.2, 0.25) is 0 Å². The van der Waals surface area contributed by atoms with Crippen molar-refractivity contribution >= 4 is 57.2 Å². The minimum Gasteiger partial charge on any atom is -0.311 e. The highest BCUT2D eigenvalue weighted by Gasteiger charge is 2.44. The Labute approximate surface area is 282 Å². The summed E-state index contributed by atoms with van der Waals surface area (Å²) < 4.78 is 0. The Balaban J connectivity index is 1.50. The average molecular weight is 615 g/mol. The van der Waals surface area contributed by atoms with Crippen LogP contribution < -0.4 is 26.2 Å². The average Bonchev–Trinajstić information content (AvgIpc) is 3.08. The zero-order valence-corrected chi connectivity index (χ0v) is 29.0. The summed E-state index contributed by atoms with van der Waals surface area (Å²) in [7, 11) is 0. The lowest BCUT2D eigenvalue weighted by Gasteiger charge is -2.45.